The highest BCUT2D eigenvalue weighted by Gasteiger charge is 2.36. The fraction of sp³-hybridized carbons (Fsp3) is 0.611. The number of halogens is 1. The van der Waals surface area contributed by atoms with Crippen LogP contribution in [0.5, 0.6) is 0 Å². The number of methoxy groups -OCH3 is 1. The van der Waals surface area contributed by atoms with Crippen molar-refractivity contribution in [2.24, 2.45) is 5.92 Å². The lowest BCUT2D eigenvalue weighted by Crippen LogP contribution is -2.40. The summed E-state index contributed by atoms with van der Waals surface area (Å²) in [5.41, 5.74) is 0.399. The monoisotopic (exact) mass is 336 g/mol. The molecule has 1 aromatic carbocycles. The van der Waals surface area contributed by atoms with Gasteiger partial charge in [0.05, 0.1) is 20.3 Å². The zero-order chi connectivity index (χ0) is 16.9. The molecule has 0 unspecified atom stereocenters. The number of morpholine rings is 1. The fourth-order valence-corrected chi connectivity index (χ4v) is 3.68. The summed E-state index contributed by atoms with van der Waals surface area (Å²) >= 11 is 0. The van der Waals surface area contributed by atoms with Crippen molar-refractivity contribution >= 4 is 5.97 Å². The Morgan fingerprint density at radius 2 is 2.08 bits per heavy atom. The third kappa shape index (κ3) is 3.94. The Labute approximate surface area is 142 Å². The van der Waals surface area contributed by atoms with Crippen LogP contribution in [0.4, 0.5) is 4.39 Å². The molecule has 0 aliphatic carbocycles. The van der Waals surface area contributed by atoms with Crippen LogP contribution in [0.1, 0.15) is 18.0 Å². The van der Waals surface area contributed by atoms with E-state index in [4.69, 9.17) is 9.47 Å². The Bertz CT molecular complexity index is 563. The van der Waals surface area contributed by atoms with Gasteiger partial charge in [0.25, 0.3) is 0 Å². The number of carbonyl (C=O) groups is 1. The van der Waals surface area contributed by atoms with Gasteiger partial charge in [-0.1, -0.05) is 18.2 Å². The quantitative estimate of drug-likeness (QED) is 0.766. The van der Waals surface area contributed by atoms with Crippen molar-refractivity contribution in [3.63, 3.8) is 0 Å². The Balaban J connectivity index is 1.68. The van der Waals surface area contributed by atoms with Crippen LogP contribution in [0.25, 0.3) is 0 Å². The standard InChI is InChI=1S/C18H25FN2O3/c1-23-18(22)17(15-4-2-3-5-16(15)19)21-7-6-14(13-21)12-20-8-10-24-11-9-20/h2-5,14,17H,6-13H2,1H3/t14-,17+/m1/s1. The number of carbonyl (C=O) groups excluding carboxylic acids is 1. The lowest BCUT2D eigenvalue weighted by atomic mass is 10.0. The molecule has 1 aromatic rings. The zero-order valence-corrected chi connectivity index (χ0v) is 14.1. The van der Waals surface area contributed by atoms with E-state index >= 15 is 0 Å². The van der Waals surface area contributed by atoms with Crippen molar-refractivity contribution in [3.8, 4) is 0 Å². The van der Waals surface area contributed by atoms with Crippen molar-refractivity contribution in [2.45, 2.75) is 12.5 Å². The van der Waals surface area contributed by atoms with Gasteiger partial charge in [0, 0.05) is 31.7 Å². The van der Waals surface area contributed by atoms with Crippen LogP contribution >= 0.6 is 0 Å². The van der Waals surface area contributed by atoms with Gasteiger partial charge in [0.2, 0.25) is 0 Å². The van der Waals surface area contributed by atoms with Gasteiger partial charge < -0.3 is 9.47 Å². The molecule has 132 valence electrons. The van der Waals surface area contributed by atoms with Gasteiger partial charge in [0.1, 0.15) is 11.9 Å². The van der Waals surface area contributed by atoms with E-state index in [1.54, 1.807) is 18.2 Å². The maximum atomic E-state index is 14.2. The third-order valence-electron chi connectivity index (χ3n) is 4.93. The highest BCUT2D eigenvalue weighted by atomic mass is 19.1. The minimum absolute atomic E-state index is 0.357. The topological polar surface area (TPSA) is 42.0 Å². The summed E-state index contributed by atoms with van der Waals surface area (Å²) < 4.78 is 24.5. The molecule has 2 heterocycles. The average molecular weight is 336 g/mol. The van der Waals surface area contributed by atoms with Gasteiger partial charge in [-0.15, -0.1) is 0 Å². The molecule has 0 radical (unpaired) electrons. The third-order valence-corrected chi connectivity index (χ3v) is 4.93. The molecule has 0 spiro atoms. The molecule has 0 amide bonds. The first-order valence-corrected chi connectivity index (χ1v) is 8.55. The van der Waals surface area contributed by atoms with Gasteiger partial charge in [-0.3, -0.25) is 9.80 Å². The minimum atomic E-state index is -0.661. The van der Waals surface area contributed by atoms with E-state index in [-0.39, 0.29) is 5.82 Å². The van der Waals surface area contributed by atoms with E-state index in [1.807, 2.05) is 0 Å². The lowest BCUT2D eigenvalue weighted by molar-refractivity contribution is -0.147. The van der Waals surface area contributed by atoms with Crippen molar-refractivity contribution in [2.75, 3.05) is 53.0 Å². The molecular formula is C18H25FN2O3. The van der Waals surface area contributed by atoms with Crippen LogP contribution < -0.4 is 0 Å². The van der Waals surface area contributed by atoms with E-state index in [0.717, 1.165) is 52.4 Å². The van der Waals surface area contributed by atoms with Gasteiger partial charge in [-0.25, -0.2) is 9.18 Å². The lowest BCUT2D eigenvalue weighted by Gasteiger charge is -2.30. The maximum Gasteiger partial charge on any atom is 0.327 e. The largest absolute Gasteiger partial charge is 0.468 e. The van der Waals surface area contributed by atoms with E-state index in [2.05, 4.69) is 9.80 Å². The number of likely N-dealkylation sites (tertiary alicyclic amines) is 1. The normalized spacial score (nSPS) is 24.0. The molecule has 2 aliphatic rings. The molecule has 2 fully saturated rings. The molecule has 2 aliphatic heterocycles. The summed E-state index contributed by atoms with van der Waals surface area (Å²) in [6, 6.07) is 5.80. The first kappa shape index (κ1) is 17.3. The van der Waals surface area contributed by atoms with E-state index in [9.17, 15) is 9.18 Å². The van der Waals surface area contributed by atoms with E-state index in [0.29, 0.717) is 11.5 Å². The number of nitrogens with zero attached hydrogens (tertiary/aromatic N) is 2. The van der Waals surface area contributed by atoms with Crippen LogP contribution in [0.3, 0.4) is 0 Å². The summed E-state index contributed by atoms with van der Waals surface area (Å²) in [7, 11) is 1.36. The molecule has 2 atom stereocenters. The molecule has 0 bridgehead atoms. The first-order valence-electron chi connectivity index (χ1n) is 8.55. The summed E-state index contributed by atoms with van der Waals surface area (Å²) in [6.45, 7) is 6.07. The number of hydrogen-bond donors (Lipinski definition) is 0. The highest BCUT2D eigenvalue weighted by Crippen LogP contribution is 2.30. The molecule has 3 rings (SSSR count). The van der Waals surface area contributed by atoms with Gasteiger partial charge in [0.15, 0.2) is 0 Å². The number of hydrogen-bond acceptors (Lipinski definition) is 5. The average Bonchev–Trinajstić information content (AvgIpc) is 3.05. The summed E-state index contributed by atoms with van der Waals surface area (Å²) in [5.74, 6) is -0.265. The van der Waals surface area contributed by atoms with Crippen LogP contribution in [0.2, 0.25) is 0 Å². The van der Waals surface area contributed by atoms with Gasteiger partial charge >= 0.3 is 5.97 Å². The molecule has 0 N–H and O–H groups in total. The number of benzene rings is 1. The second kappa shape index (κ2) is 8.05. The second-order valence-corrected chi connectivity index (χ2v) is 6.51. The first-order chi connectivity index (χ1) is 11.7. The molecule has 0 saturated carbocycles. The summed E-state index contributed by atoms with van der Waals surface area (Å²) in [5, 5.41) is 0. The molecule has 6 heteroatoms. The molecular weight excluding hydrogens is 311 g/mol. The minimum Gasteiger partial charge on any atom is -0.468 e. The van der Waals surface area contributed by atoms with Crippen LogP contribution in [-0.2, 0) is 14.3 Å². The van der Waals surface area contributed by atoms with Crippen LogP contribution in [0.15, 0.2) is 24.3 Å². The Morgan fingerprint density at radius 1 is 1.33 bits per heavy atom. The van der Waals surface area contributed by atoms with Crippen LogP contribution in [0, 0.1) is 11.7 Å². The molecule has 0 aromatic heterocycles. The number of ether oxygens (including phenoxy) is 2. The fourth-order valence-electron chi connectivity index (χ4n) is 3.68. The Kier molecular flexibility index (Phi) is 5.81. The number of esters is 1. The summed E-state index contributed by atoms with van der Waals surface area (Å²) in [4.78, 5) is 16.8. The number of rotatable bonds is 5. The van der Waals surface area contributed by atoms with Crippen molar-refractivity contribution in [3.05, 3.63) is 35.6 Å². The zero-order valence-electron chi connectivity index (χ0n) is 14.1. The smallest absolute Gasteiger partial charge is 0.327 e. The van der Waals surface area contributed by atoms with E-state index < -0.39 is 12.0 Å². The van der Waals surface area contributed by atoms with Crippen molar-refractivity contribution < 1.29 is 18.7 Å². The molecule has 5 nitrogen and oxygen atoms in total. The Hall–Kier alpha value is -1.50. The predicted molar refractivity (Wildman–Crippen MR) is 88.1 cm³/mol. The Morgan fingerprint density at radius 3 is 2.79 bits per heavy atom. The second-order valence-electron chi connectivity index (χ2n) is 6.51. The SMILES string of the molecule is COC(=O)[C@H](c1ccccc1F)N1CC[C@H](CN2CCOCC2)C1. The molecule has 24 heavy (non-hydrogen) atoms. The van der Waals surface area contributed by atoms with E-state index in [1.165, 1.54) is 13.2 Å². The highest BCUT2D eigenvalue weighted by molar-refractivity contribution is 5.77. The van der Waals surface area contributed by atoms with Gasteiger partial charge in [-0.05, 0) is 24.9 Å². The van der Waals surface area contributed by atoms with Crippen molar-refractivity contribution in [1.82, 2.24) is 9.80 Å². The van der Waals surface area contributed by atoms with Crippen LogP contribution in [-0.4, -0.2) is 68.8 Å². The van der Waals surface area contributed by atoms with Crippen molar-refractivity contribution in [1.29, 1.82) is 0 Å². The van der Waals surface area contributed by atoms with Gasteiger partial charge in [-0.2, -0.15) is 0 Å². The summed E-state index contributed by atoms with van der Waals surface area (Å²) in [6.07, 6.45) is 1.01. The molecule has 2 saturated heterocycles. The predicted octanol–water partition coefficient (Wildman–Crippen LogP) is 1.69. The maximum absolute atomic E-state index is 14.2.